The average Bonchev–Trinajstić information content (AvgIpc) is 2.32. The van der Waals surface area contributed by atoms with E-state index >= 15 is 0 Å². The lowest BCUT2D eigenvalue weighted by atomic mass is 10.1. The van der Waals surface area contributed by atoms with Crippen molar-refractivity contribution in [2.24, 2.45) is 0 Å². The maximum Gasteiger partial charge on any atom is 0.411 e. The van der Waals surface area contributed by atoms with E-state index in [1.165, 1.54) is 6.42 Å². The van der Waals surface area contributed by atoms with Gasteiger partial charge in [-0.1, -0.05) is 0 Å². The summed E-state index contributed by atoms with van der Waals surface area (Å²) in [5.74, 6) is 0. The Balaban J connectivity index is 1.81. The van der Waals surface area contributed by atoms with E-state index in [0.29, 0.717) is 19.1 Å². The third-order valence-electron chi connectivity index (χ3n) is 2.83. The summed E-state index contributed by atoms with van der Waals surface area (Å²) < 4.78 is 45.3. The normalized spacial score (nSPS) is 21.2. The zero-order valence-electron chi connectivity index (χ0n) is 10.6. The Morgan fingerprint density at radius 1 is 1.22 bits per heavy atom. The van der Waals surface area contributed by atoms with Crippen LogP contribution < -0.4 is 5.32 Å². The van der Waals surface area contributed by atoms with Crippen molar-refractivity contribution in [3.05, 3.63) is 0 Å². The molecule has 1 saturated heterocycles. The SMILES string of the molecule is FC(F)(F)COCCCNCCC1CCCCO1. The number of halogens is 3. The summed E-state index contributed by atoms with van der Waals surface area (Å²) in [6.45, 7) is 1.39. The first-order valence-electron chi connectivity index (χ1n) is 6.55. The quantitative estimate of drug-likeness (QED) is 0.687. The van der Waals surface area contributed by atoms with Gasteiger partial charge in [0.2, 0.25) is 0 Å². The molecule has 3 nitrogen and oxygen atoms in total. The summed E-state index contributed by atoms with van der Waals surface area (Å²) in [4.78, 5) is 0. The number of ether oxygens (including phenoxy) is 2. The van der Waals surface area contributed by atoms with Gasteiger partial charge in [0.25, 0.3) is 0 Å². The molecule has 0 aromatic heterocycles. The van der Waals surface area contributed by atoms with Crippen LogP contribution in [0, 0.1) is 0 Å². The number of hydrogen-bond acceptors (Lipinski definition) is 3. The maximum atomic E-state index is 11.7. The molecule has 6 heteroatoms. The topological polar surface area (TPSA) is 30.5 Å². The Morgan fingerprint density at radius 2 is 2.06 bits per heavy atom. The van der Waals surface area contributed by atoms with Gasteiger partial charge in [-0.05, 0) is 45.2 Å². The summed E-state index contributed by atoms with van der Waals surface area (Å²) in [7, 11) is 0. The molecule has 18 heavy (non-hydrogen) atoms. The van der Waals surface area contributed by atoms with Crippen LogP contribution in [0.3, 0.4) is 0 Å². The molecule has 1 heterocycles. The second-order valence-electron chi connectivity index (χ2n) is 4.55. The Hall–Kier alpha value is -0.330. The van der Waals surface area contributed by atoms with Crippen LogP contribution in [0.1, 0.15) is 32.1 Å². The first-order valence-corrected chi connectivity index (χ1v) is 6.55. The molecular weight excluding hydrogens is 247 g/mol. The standard InChI is InChI=1S/C12H22F3NO2/c13-12(14,15)10-17-8-3-6-16-7-5-11-4-1-2-9-18-11/h11,16H,1-10H2. The molecule has 1 N–H and O–H groups in total. The van der Waals surface area contributed by atoms with Crippen LogP contribution in [0.2, 0.25) is 0 Å². The number of hydrogen-bond donors (Lipinski definition) is 1. The van der Waals surface area contributed by atoms with Gasteiger partial charge in [-0.3, -0.25) is 0 Å². The van der Waals surface area contributed by atoms with Crippen molar-refractivity contribution in [1.82, 2.24) is 5.32 Å². The molecule has 108 valence electrons. The highest BCUT2D eigenvalue weighted by molar-refractivity contribution is 4.64. The van der Waals surface area contributed by atoms with Crippen LogP contribution in [-0.4, -0.2) is 45.2 Å². The van der Waals surface area contributed by atoms with Crippen molar-refractivity contribution in [3.63, 3.8) is 0 Å². The van der Waals surface area contributed by atoms with E-state index in [1.807, 2.05) is 0 Å². The van der Waals surface area contributed by atoms with E-state index in [0.717, 1.165) is 32.4 Å². The summed E-state index contributed by atoms with van der Waals surface area (Å²) in [6.07, 6.45) is 1.22. The fourth-order valence-electron chi connectivity index (χ4n) is 1.91. The molecule has 1 aliphatic rings. The van der Waals surface area contributed by atoms with E-state index in [2.05, 4.69) is 10.1 Å². The van der Waals surface area contributed by atoms with Gasteiger partial charge < -0.3 is 14.8 Å². The average molecular weight is 269 g/mol. The largest absolute Gasteiger partial charge is 0.411 e. The first kappa shape index (κ1) is 15.7. The van der Waals surface area contributed by atoms with Gasteiger partial charge in [0.1, 0.15) is 6.61 Å². The number of rotatable bonds is 8. The highest BCUT2D eigenvalue weighted by atomic mass is 19.4. The minimum atomic E-state index is -4.22. The van der Waals surface area contributed by atoms with Crippen molar-refractivity contribution in [2.45, 2.75) is 44.4 Å². The molecule has 1 aliphatic heterocycles. The Morgan fingerprint density at radius 3 is 2.72 bits per heavy atom. The Kier molecular flexibility index (Phi) is 7.62. The monoisotopic (exact) mass is 269 g/mol. The van der Waals surface area contributed by atoms with Gasteiger partial charge in [-0.2, -0.15) is 13.2 Å². The van der Waals surface area contributed by atoms with Crippen LogP contribution in [-0.2, 0) is 9.47 Å². The molecule has 1 atom stereocenters. The predicted molar refractivity (Wildman–Crippen MR) is 62.6 cm³/mol. The molecule has 0 radical (unpaired) electrons. The zero-order valence-corrected chi connectivity index (χ0v) is 10.6. The second-order valence-corrected chi connectivity index (χ2v) is 4.55. The zero-order chi connectivity index (χ0) is 13.3. The minimum absolute atomic E-state index is 0.145. The van der Waals surface area contributed by atoms with Crippen LogP contribution in [0.15, 0.2) is 0 Å². The number of alkyl halides is 3. The molecule has 0 spiro atoms. The summed E-state index contributed by atoms with van der Waals surface area (Å²) >= 11 is 0. The van der Waals surface area contributed by atoms with Gasteiger partial charge in [0.05, 0.1) is 6.10 Å². The van der Waals surface area contributed by atoms with E-state index in [4.69, 9.17) is 4.74 Å². The molecule has 0 amide bonds. The minimum Gasteiger partial charge on any atom is -0.378 e. The molecule has 0 aromatic carbocycles. The number of nitrogens with one attached hydrogen (secondary N) is 1. The van der Waals surface area contributed by atoms with Gasteiger partial charge in [-0.25, -0.2) is 0 Å². The highest BCUT2D eigenvalue weighted by Crippen LogP contribution is 2.15. The fourth-order valence-corrected chi connectivity index (χ4v) is 1.91. The van der Waals surface area contributed by atoms with Gasteiger partial charge in [0, 0.05) is 13.2 Å². The lowest BCUT2D eigenvalue weighted by Crippen LogP contribution is -2.26. The van der Waals surface area contributed by atoms with Gasteiger partial charge >= 0.3 is 6.18 Å². The lowest BCUT2D eigenvalue weighted by molar-refractivity contribution is -0.173. The van der Waals surface area contributed by atoms with Gasteiger partial charge in [0.15, 0.2) is 0 Å². The molecular formula is C12H22F3NO2. The Bertz CT molecular complexity index is 206. The maximum absolute atomic E-state index is 11.7. The summed E-state index contributed by atoms with van der Waals surface area (Å²) in [6, 6.07) is 0. The van der Waals surface area contributed by atoms with Gasteiger partial charge in [-0.15, -0.1) is 0 Å². The third kappa shape index (κ3) is 8.72. The Labute approximate surface area is 106 Å². The van der Waals surface area contributed by atoms with Crippen molar-refractivity contribution < 1.29 is 22.6 Å². The van der Waals surface area contributed by atoms with E-state index in [-0.39, 0.29) is 6.61 Å². The summed E-state index contributed by atoms with van der Waals surface area (Å²) in [5.41, 5.74) is 0. The molecule has 0 saturated carbocycles. The van der Waals surface area contributed by atoms with E-state index < -0.39 is 12.8 Å². The van der Waals surface area contributed by atoms with Crippen molar-refractivity contribution in [3.8, 4) is 0 Å². The predicted octanol–water partition coefficient (Wildman–Crippen LogP) is 2.50. The van der Waals surface area contributed by atoms with Crippen molar-refractivity contribution in [2.75, 3.05) is 32.9 Å². The third-order valence-corrected chi connectivity index (χ3v) is 2.83. The highest BCUT2D eigenvalue weighted by Gasteiger charge is 2.27. The van der Waals surface area contributed by atoms with Crippen molar-refractivity contribution in [1.29, 1.82) is 0 Å². The van der Waals surface area contributed by atoms with E-state index in [1.54, 1.807) is 0 Å². The first-order chi connectivity index (χ1) is 8.58. The molecule has 1 fully saturated rings. The van der Waals surface area contributed by atoms with Crippen molar-refractivity contribution >= 4 is 0 Å². The molecule has 0 bridgehead atoms. The molecule has 1 rings (SSSR count). The van der Waals surface area contributed by atoms with Crippen LogP contribution in [0.4, 0.5) is 13.2 Å². The van der Waals surface area contributed by atoms with E-state index in [9.17, 15) is 13.2 Å². The molecule has 0 aliphatic carbocycles. The summed E-state index contributed by atoms with van der Waals surface area (Å²) in [5, 5.41) is 3.19. The molecule has 0 aromatic rings. The molecule has 1 unspecified atom stereocenters. The fraction of sp³-hybridized carbons (Fsp3) is 1.00. The van der Waals surface area contributed by atoms with Crippen LogP contribution in [0.25, 0.3) is 0 Å². The van der Waals surface area contributed by atoms with Crippen LogP contribution >= 0.6 is 0 Å². The van der Waals surface area contributed by atoms with Crippen LogP contribution in [0.5, 0.6) is 0 Å². The smallest absolute Gasteiger partial charge is 0.378 e. The second kappa shape index (κ2) is 8.72. The lowest BCUT2D eigenvalue weighted by Gasteiger charge is -2.22.